The predicted molar refractivity (Wildman–Crippen MR) is 67.5 cm³/mol. The first-order chi connectivity index (χ1) is 8.18. The van der Waals surface area contributed by atoms with Crippen molar-refractivity contribution in [3.8, 4) is 0 Å². The highest BCUT2D eigenvalue weighted by atomic mass is 19.4. The minimum absolute atomic E-state index is 0.348. The van der Waals surface area contributed by atoms with Crippen LogP contribution in [0.1, 0.15) is 33.6 Å². The second-order valence-corrected chi connectivity index (χ2v) is 6.27. The molecular weight excluding hydrogens is 241 g/mol. The Bertz CT molecular complexity index is 238. The van der Waals surface area contributed by atoms with Crippen LogP contribution in [-0.4, -0.2) is 43.8 Å². The first kappa shape index (κ1) is 15.8. The highest BCUT2D eigenvalue weighted by Crippen LogP contribution is 2.33. The molecule has 0 atom stereocenters. The molecule has 0 amide bonds. The SMILES string of the molecule is CC(C)(C)C1CCN(CCNCC(F)(F)F)CC1. The van der Waals surface area contributed by atoms with Gasteiger partial charge in [-0.2, -0.15) is 13.2 Å². The van der Waals surface area contributed by atoms with Crippen LogP contribution in [0.25, 0.3) is 0 Å². The molecule has 0 aliphatic carbocycles. The van der Waals surface area contributed by atoms with E-state index in [-0.39, 0.29) is 0 Å². The highest BCUT2D eigenvalue weighted by molar-refractivity contribution is 4.80. The van der Waals surface area contributed by atoms with E-state index in [1.165, 1.54) is 0 Å². The van der Waals surface area contributed by atoms with Gasteiger partial charge in [-0.1, -0.05) is 20.8 Å². The Morgan fingerprint density at radius 1 is 1.11 bits per heavy atom. The third-order valence-electron chi connectivity index (χ3n) is 3.74. The number of hydrogen-bond acceptors (Lipinski definition) is 2. The summed E-state index contributed by atoms with van der Waals surface area (Å²) >= 11 is 0. The van der Waals surface area contributed by atoms with Crippen LogP contribution in [0.15, 0.2) is 0 Å². The van der Waals surface area contributed by atoms with Gasteiger partial charge in [0.15, 0.2) is 0 Å². The van der Waals surface area contributed by atoms with Crippen molar-refractivity contribution < 1.29 is 13.2 Å². The number of rotatable bonds is 4. The summed E-state index contributed by atoms with van der Waals surface area (Å²) in [5.74, 6) is 0.733. The van der Waals surface area contributed by atoms with E-state index in [0.717, 1.165) is 31.8 Å². The normalized spacial score (nSPS) is 20.3. The first-order valence-corrected chi connectivity index (χ1v) is 6.68. The lowest BCUT2D eigenvalue weighted by Crippen LogP contribution is -2.42. The van der Waals surface area contributed by atoms with E-state index >= 15 is 0 Å². The Hall–Kier alpha value is -0.290. The lowest BCUT2D eigenvalue weighted by molar-refractivity contribution is -0.124. The van der Waals surface area contributed by atoms with E-state index in [9.17, 15) is 13.2 Å². The molecule has 0 spiro atoms. The fraction of sp³-hybridized carbons (Fsp3) is 1.00. The van der Waals surface area contributed by atoms with Crippen molar-refractivity contribution in [2.24, 2.45) is 11.3 Å². The molecule has 1 fully saturated rings. The Morgan fingerprint density at radius 3 is 2.11 bits per heavy atom. The summed E-state index contributed by atoms with van der Waals surface area (Å²) in [5, 5.41) is 2.45. The van der Waals surface area contributed by atoms with Gasteiger partial charge in [0.25, 0.3) is 0 Å². The van der Waals surface area contributed by atoms with Crippen LogP contribution in [-0.2, 0) is 0 Å². The molecule has 1 saturated heterocycles. The van der Waals surface area contributed by atoms with Crippen molar-refractivity contribution in [2.45, 2.75) is 39.8 Å². The van der Waals surface area contributed by atoms with Gasteiger partial charge in [-0.25, -0.2) is 0 Å². The van der Waals surface area contributed by atoms with Gasteiger partial charge in [-0.15, -0.1) is 0 Å². The zero-order chi connectivity index (χ0) is 13.8. The molecule has 0 radical (unpaired) electrons. The van der Waals surface area contributed by atoms with Crippen LogP contribution in [0.2, 0.25) is 0 Å². The van der Waals surface area contributed by atoms with Crippen molar-refractivity contribution in [3.63, 3.8) is 0 Å². The van der Waals surface area contributed by atoms with E-state index in [4.69, 9.17) is 0 Å². The molecule has 1 N–H and O–H groups in total. The Morgan fingerprint density at radius 2 is 1.67 bits per heavy atom. The quantitative estimate of drug-likeness (QED) is 0.787. The smallest absolute Gasteiger partial charge is 0.307 e. The molecule has 5 heteroatoms. The Labute approximate surface area is 108 Å². The minimum Gasteiger partial charge on any atom is -0.307 e. The Kier molecular flexibility index (Phi) is 5.46. The lowest BCUT2D eigenvalue weighted by atomic mass is 9.75. The zero-order valence-corrected chi connectivity index (χ0v) is 11.6. The molecule has 1 aliphatic heterocycles. The number of alkyl halides is 3. The number of hydrogen-bond donors (Lipinski definition) is 1. The summed E-state index contributed by atoms with van der Waals surface area (Å²) in [6.07, 6.45) is -1.79. The molecular formula is C13H25F3N2. The standard InChI is InChI=1S/C13H25F3N2/c1-12(2,3)11-4-7-18(8-5-11)9-6-17-10-13(14,15)16/h11,17H,4-10H2,1-3H3. The van der Waals surface area contributed by atoms with E-state index in [2.05, 4.69) is 31.0 Å². The average molecular weight is 266 g/mol. The number of likely N-dealkylation sites (tertiary alicyclic amines) is 1. The molecule has 2 nitrogen and oxygen atoms in total. The second-order valence-electron chi connectivity index (χ2n) is 6.27. The molecule has 0 unspecified atom stereocenters. The summed E-state index contributed by atoms with van der Waals surface area (Å²) in [6.45, 7) is 9.05. The van der Waals surface area contributed by atoms with Crippen molar-refractivity contribution in [1.29, 1.82) is 0 Å². The summed E-state index contributed by atoms with van der Waals surface area (Å²) in [4.78, 5) is 2.26. The van der Waals surface area contributed by atoms with Crippen molar-refractivity contribution in [2.75, 3.05) is 32.7 Å². The first-order valence-electron chi connectivity index (χ1n) is 6.68. The van der Waals surface area contributed by atoms with Crippen LogP contribution >= 0.6 is 0 Å². The third kappa shape index (κ3) is 6.05. The summed E-state index contributed by atoms with van der Waals surface area (Å²) < 4.78 is 35.8. The summed E-state index contributed by atoms with van der Waals surface area (Å²) in [7, 11) is 0. The zero-order valence-electron chi connectivity index (χ0n) is 11.6. The highest BCUT2D eigenvalue weighted by Gasteiger charge is 2.29. The molecule has 18 heavy (non-hydrogen) atoms. The van der Waals surface area contributed by atoms with Gasteiger partial charge < -0.3 is 10.2 Å². The van der Waals surface area contributed by atoms with Gasteiger partial charge in [0.1, 0.15) is 0 Å². The van der Waals surface area contributed by atoms with Crippen LogP contribution in [0, 0.1) is 11.3 Å². The topological polar surface area (TPSA) is 15.3 Å². The van der Waals surface area contributed by atoms with Gasteiger partial charge in [0.2, 0.25) is 0 Å². The van der Waals surface area contributed by atoms with Crippen molar-refractivity contribution in [1.82, 2.24) is 10.2 Å². The monoisotopic (exact) mass is 266 g/mol. The van der Waals surface area contributed by atoms with Crippen LogP contribution in [0.5, 0.6) is 0 Å². The maximum Gasteiger partial charge on any atom is 0.401 e. The number of nitrogens with one attached hydrogen (secondary N) is 1. The Balaban J connectivity index is 2.13. The van der Waals surface area contributed by atoms with Gasteiger partial charge in [-0.3, -0.25) is 0 Å². The van der Waals surface area contributed by atoms with E-state index < -0.39 is 12.7 Å². The molecule has 108 valence electrons. The number of nitrogens with zero attached hydrogens (tertiary/aromatic N) is 1. The minimum atomic E-state index is -4.10. The fourth-order valence-electron chi connectivity index (χ4n) is 2.49. The maximum atomic E-state index is 11.9. The second kappa shape index (κ2) is 6.24. The van der Waals surface area contributed by atoms with Gasteiger partial charge >= 0.3 is 6.18 Å². The number of halogens is 3. The number of piperidine rings is 1. The average Bonchev–Trinajstić information content (AvgIpc) is 2.22. The van der Waals surface area contributed by atoms with E-state index in [0.29, 0.717) is 18.5 Å². The van der Waals surface area contributed by atoms with E-state index in [1.807, 2.05) is 0 Å². The molecule has 0 aromatic carbocycles. The van der Waals surface area contributed by atoms with Gasteiger partial charge in [-0.05, 0) is 37.3 Å². The largest absolute Gasteiger partial charge is 0.401 e. The lowest BCUT2D eigenvalue weighted by Gasteiger charge is -2.38. The van der Waals surface area contributed by atoms with Gasteiger partial charge in [0.05, 0.1) is 6.54 Å². The molecule has 0 aromatic heterocycles. The molecule has 0 bridgehead atoms. The predicted octanol–water partition coefficient (Wildman–Crippen LogP) is 2.90. The van der Waals surface area contributed by atoms with Crippen LogP contribution in [0.4, 0.5) is 13.2 Å². The fourth-order valence-corrected chi connectivity index (χ4v) is 2.49. The van der Waals surface area contributed by atoms with Crippen molar-refractivity contribution >= 4 is 0 Å². The van der Waals surface area contributed by atoms with Crippen LogP contribution < -0.4 is 5.32 Å². The van der Waals surface area contributed by atoms with E-state index in [1.54, 1.807) is 0 Å². The van der Waals surface area contributed by atoms with Gasteiger partial charge in [0, 0.05) is 13.1 Å². The molecule has 1 aliphatic rings. The summed E-state index contributed by atoms with van der Waals surface area (Å²) in [6, 6.07) is 0. The summed E-state index contributed by atoms with van der Waals surface area (Å²) in [5.41, 5.74) is 0.348. The molecule has 0 aromatic rings. The third-order valence-corrected chi connectivity index (χ3v) is 3.74. The molecule has 1 heterocycles. The van der Waals surface area contributed by atoms with Crippen LogP contribution in [0.3, 0.4) is 0 Å². The van der Waals surface area contributed by atoms with Crippen molar-refractivity contribution in [3.05, 3.63) is 0 Å². The molecule has 0 saturated carbocycles. The molecule has 1 rings (SSSR count). The maximum absolute atomic E-state index is 11.9.